The predicted molar refractivity (Wildman–Crippen MR) is 104 cm³/mol. The van der Waals surface area contributed by atoms with Gasteiger partial charge in [-0.25, -0.2) is 0 Å². The minimum absolute atomic E-state index is 0. The molecule has 0 N–H and O–H groups in total. The third kappa shape index (κ3) is 12.3. The maximum atomic E-state index is 2.89. The first kappa shape index (κ1) is 22.2. The van der Waals surface area contributed by atoms with Gasteiger partial charge in [-0.05, 0) is 49.1 Å². The van der Waals surface area contributed by atoms with Crippen LogP contribution in [0.4, 0.5) is 0 Å². The molecule has 3 rings (SSSR count). The molecule has 1 fully saturated rings. The molecule has 1 aliphatic rings. The number of hydrogen-bond donors (Lipinski definition) is 0. The minimum Gasteiger partial charge on any atom is -0.0625 e. The van der Waals surface area contributed by atoms with Crippen molar-refractivity contribution in [1.29, 1.82) is 0 Å². The van der Waals surface area contributed by atoms with Gasteiger partial charge in [-0.15, -0.1) is 0 Å². The van der Waals surface area contributed by atoms with Crippen molar-refractivity contribution in [2.75, 3.05) is 0 Å². The normalized spacial score (nSPS) is 19.3. The molecule has 0 spiro atoms. The summed E-state index contributed by atoms with van der Waals surface area (Å²) in [5.74, 6) is 2.73. The molecule has 0 amide bonds. The molecular weight excluding hydrogens is 383 g/mol. The van der Waals surface area contributed by atoms with Gasteiger partial charge in [0.1, 0.15) is 0 Å². The summed E-state index contributed by atoms with van der Waals surface area (Å²) >= 11 is 0. The van der Waals surface area contributed by atoms with Gasteiger partial charge < -0.3 is 0 Å². The van der Waals surface area contributed by atoms with E-state index in [4.69, 9.17) is 0 Å². The molecule has 0 unspecified atom stereocenters. The number of hydrogen-bond acceptors (Lipinski definition) is 0. The van der Waals surface area contributed by atoms with Gasteiger partial charge in [0, 0.05) is 25.3 Å². The first-order valence-electron chi connectivity index (χ1n) is 8.35. The first-order chi connectivity index (χ1) is 10.7. The van der Waals surface area contributed by atoms with Crippen LogP contribution in [0.3, 0.4) is 0 Å². The molecule has 123 valence electrons. The van der Waals surface area contributed by atoms with Crippen LogP contribution in [0.5, 0.6) is 0 Å². The summed E-state index contributed by atoms with van der Waals surface area (Å²) in [5.41, 5.74) is 0. The van der Waals surface area contributed by atoms with Crippen molar-refractivity contribution in [2.24, 2.45) is 17.8 Å². The molecule has 1 aliphatic carbocycles. The first-order valence-corrected chi connectivity index (χ1v) is 8.35. The van der Waals surface area contributed by atoms with E-state index in [1.165, 1.54) is 19.3 Å². The fourth-order valence-corrected chi connectivity index (χ4v) is 2.41. The Morgan fingerprint density at radius 3 is 1.52 bits per heavy atom. The molecule has 2 aromatic carbocycles. The van der Waals surface area contributed by atoms with Crippen molar-refractivity contribution in [3.8, 4) is 0 Å². The molecule has 23 heavy (non-hydrogen) atoms. The molecule has 0 heterocycles. The van der Waals surface area contributed by atoms with E-state index in [2.05, 4.69) is 39.3 Å². The van der Waals surface area contributed by atoms with E-state index >= 15 is 0 Å². The van der Waals surface area contributed by atoms with E-state index in [1.807, 2.05) is 60.7 Å². The second-order valence-electron chi connectivity index (χ2n) is 6.22. The second kappa shape index (κ2) is 14.8. The maximum absolute atomic E-state index is 2.89. The summed E-state index contributed by atoms with van der Waals surface area (Å²) in [6.45, 7) is 7.02. The van der Waals surface area contributed by atoms with E-state index in [0.717, 1.165) is 17.8 Å². The summed E-state index contributed by atoms with van der Waals surface area (Å²) < 4.78 is 0. The van der Waals surface area contributed by atoms with E-state index in [-0.39, 0.29) is 25.3 Å². The Bertz CT molecular complexity index is 351. The monoisotopic (exact) mass is 415 g/mol. The maximum Gasteiger partial charge on any atom is 0 e. The Hall–Kier alpha value is -0.761. The van der Waals surface area contributed by atoms with Gasteiger partial charge >= 0.3 is 0 Å². The predicted octanol–water partition coefficient (Wildman–Crippen LogP) is 6.12. The Labute approximate surface area is 162 Å². The quantitative estimate of drug-likeness (QED) is 0.493. The Morgan fingerprint density at radius 2 is 1.30 bits per heavy atom. The van der Waals surface area contributed by atoms with Gasteiger partial charge in [-0.2, -0.15) is 0 Å². The summed E-state index contributed by atoms with van der Waals surface area (Å²) in [4.78, 5) is 0. The van der Waals surface area contributed by atoms with E-state index < -0.39 is 0 Å². The summed E-state index contributed by atoms with van der Waals surface area (Å²) in [6.07, 6.45) is 6.75. The molecule has 1 heteroatoms. The zero-order valence-electron chi connectivity index (χ0n) is 14.7. The van der Waals surface area contributed by atoms with Crippen LogP contribution in [-0.4, -0.2) is 23.9 Å². The van der Waals surface area contributed by atoms with E-state index in [9.17, 15) is 0 Å². The molecule has 1 saturated carbocycles. The van der Waals surface area contributed by atoms with Crippen LogP contribution in [0.15, 0.2) is 60.7 Å². The largest absolute Gasteiger partial charge is 0.0625 e. The van der Waals surface area contributed by atoms with Crippen LogP contribution in [0, 0.1) is 36.3 Å². The smallest absolute Gasteiger partial charge is 0 e. The molecular formula is C22H31Sn. The van der Waals surface area contributed by atoms with Gasteiger partial charge in [0.2, 0.25) is 0 Å². The zero-order valence-corrected chi connectivity index (χ0v) is 17.6. The van der Waals surface area contributed by atoms with Crippen molar-refractivity contribution in [3.05, 3.63) is 79.2 Å². The molecule has 0 aliphatic heterocycles. The molecule has 2 aromatic rings. The van der Waals surface area contributed by atoms with Gasteiger partial charge in [0.15, 0.2) is 0 Å². The topological polar surface area (TPSA) is 0 Å². The van der Waals surface area contributed by atoms with Crippen molar-refractivity contribution in [2.45, 2.75) is 40.0 Å². The van der Waals surface area contributed by atoms with Crippen LogP contribution in [-0.2, 0) is 0 Å². The summed E-state index contributed by atoms with van der Waals surface area (Å²) in [7, 11) is 0. The Kier molecular flexibility index (Phi) is 14.3. The minimum atomic E-state index is 0. The van der Waals surface area contributed by atoms with Crippen LogP contribution < -0.4 is 0 Å². The Morgan fingerprint density at radius 1 is 0.826 bits per heavy atom. The van der Waals surface area contributed by atoms with Crippen molar-refractivity contribution >= 4 is 23.9 Å². The zero-order chi connectivity index (χ0) is 16.0. The molecule has 2 atom stereocenters. The number of rotatable bonds is 1. The average Bonchev–Trinajstić information content (AvgIpc) is 2.59. The average molecular weight is 414 g/mol. The molecule has 0 saturated heterocycles. The Balaban J connectivity index is 0. The van der Waals surface area contributed by atoms with Gasteiger partial charge in [0.05, 0.1) is 0 Å². The van der Waals surface area contributed by atoms with E-state index in [1.54, 1.807) is 0 Å². The van der Waals surface area contributed by atoms with Crippen LogP contribution in [0.25, 0.3) is 0 Å². The third-order valence-electron chi connectivity index (χ3n) is 3.90. The van der Waals surface area contributed by atoms with Crippen LogP contribution >= 0.6 is 0 Å². The van der Waals surface area contributed by atoms with E-state index in [0.29, 0.717) is 0 Å². The van der Waals surface area contributed by atoms with Crippen molar-refractivity contribution in [3.63, 3.8) is 0 Å². The van der Waals surface area contributed by atoms with Gasteiger partial charge in [-0.1, -0.05) is 87.9 Å². The fourth-order valence-electron chi connectivity index (χ4n) is 2.41. The molecule has 7 radical (unpaired) electrons. The van der Waals surface area contributed by atoms with Gasteiger partial charge in [-0.3, -0.25) is 0 Å². The van der Waals surface area contributed by atoms with Gasteiger partial charge in [0.25, 0.3) is 0 Å². The summed E-state index contributed by atoms with van der Waals surface area (Å²) in [6, 6.07) is 25.0. The molecule has 0 nitrogen and oxygen atoms in total. The van der Waals surface area contributed by atoms with Crippen molar-refractivity contribution in [1.82, 2.24) is 0 Å². The third-order valence-corrected chi connectivity index (χ3v) is 3.90. The van der Waals surface area contributed by atoms with Crippen LogP contribution in [0.1, 0.15) is 41.5 Å². The standard InChI is InChI=1S/C10H19.2C6H5.Sn.H2/c1-8(2)10-6-4-9(3)5-7-10;2*1-2-4-6-5-3-1;;/h6,8-10H,4-5,7H2,1-3H3;2*1-5H;;1H/t9-,10-;;;;/m0..../s1. The fraction of sp³-hybridized carbons (Fsp3) is 0.409. The summed E-state index contributed by atoms with van der Waals surface area (Å²) in [5, 5.41) is 0. The molecule has 0 bridgehead atoms. The second-order valence-corrected chi connectivity index (χ2v) is 6.22. The molecule has 0 aromatic heterocycles. The van der Waals surface area contributed by atoms with Crippen molar-refractivity contribution < 1.29 is 1.43 Å². The number of benzene rings is 2. The van der Waals surface area contributed by atoms with Crippen LogP contribution in [0.2, 0.25) is 0 Å². The SMILES string of the molecule is CC(C)[C@H]1[CH]C[C@H](C)CC1.[HH].[Sn].[c]1ccccc1.[c]1ccccc1.